The minimum Gasteiger partial charge on any atom is -0.450 e. The van der Waals surface area contributed by atoms with Crippen molar-refractivity contribution in [1.82, 2.24) is 0 Å². The van der Waals surface area contributed by atoms with Gasteiger partial charge in [-0.3, -0.25) is 0 Å². The topological polar surface area (TPSA) is 13.1 Å². The Labute approximate surface area is 370 Å². The van der Waals surface area contributed by atoms with Crippen LogP contribution in [0.5, 0.6) is 11.5 Å². The molecule has 8 rings (SSSR count). The molecule has 0 unspecified atom stereocenters. The first-order chi connectivity index (χ1) is 32.1. The van der Waals surface area contributed by atoms with E-state index in [0.29, 0.717) is 0 Å². The molecule has 0 saturated carbocycles. The van der Waals surface area contributed by atoms with E-state index in [-0.39, 0.29) is 0 Å². The molecule has 1 heterocycles. The SMILES string of the molecule is Fc1c(F)c(F)c([B-](c2c(F)c(F)c(F)c(F)c2F)(c2c(F)c(F)c(F)c(F)c2F)c2c(F)c(F)c(F)c(F)c2F)c(F)c1F.c1ccc(C[n+]2csc3cccc(Oc4ccccc4)c32)cc1. The first-order valence-corrected chi connectivity index (χ1v) is 19.4. The summed E-state index contributed by atoms with van der Waals surface area (Å²) in [5.74, 6) is -69.7. The lowest BCUT2D eigenvalue weighted by molar-refractivity contribution is -0.658. The monoisotopic (exact) mass is 997 g/mol. The number of halogens is 20. The minimum atomic E-state index is -7.22. The quantitative estimate of drug-likeness (QED) is 0.0486. The largest absolute Gasteiger partial charge is 0.450 e. The molecule has 0 spiro atoms. The Morgan fingerprint density at radius 3 is 1.00 bits per heavy atom. The summed E-state index contributed by atoms with van der Waals surface area (Å²) in [5, 5.41) is 0. The highest BCUT2D eigenvalue weighted by Gasteiger charge is 2.52. The molecule has 0 aliphatic heterocycles. The van der Waals surface area contributed by atoms with Crippen molar-refractivity contribution >= 4 is 49.6 Å². The predicted molar refractivity (Wildman–Crippen MR) is 203 cm³/mol. The highest BCUT2D eigenvalue weighted by molar-refractivity contribution is 7.20. The molecule has 352 valence electrons. The van der Waals surface area contributed by atoms with Crippen LogP contribution in [-0.2, 0) is 6.54 Å². The van der Waals surface area contributed by atoms with Crippen LogP contribution in [0.3, 0.4) is 0 Å². The summed E-state index contributed by atoms with van der Waals surface area (Å²) >= 11 is 1.74. The average Bonchev–Trinajstić information content (AvgIpc) is 3.75. The van der Waals surface area contributed by atoms with E-state index in [0.717, 1.165) is 23.6 Å². The first kappa shape index (κ1) is 48.8. The summed E-state index contributed by atoms with van der Waals surface area (Å²) in [7, 11) is 0. The molecule has 0 aliphatic rings. The standard InChI is InChI=1S/C24BF20.C20H16NOS/c26-5-1(6(27)14(35)21(42)13(5)34)25(2-7(28)15(36)22(43)16(37)8(2)29,3-9(30)17(38)23(44)18(39)10(3)31)4-11(32)19(40)24(45)20(41)12(4)33;1-3-8-16(9-4-1)14-21-15-23-19-13-7-12-18(20(19)21)22-17-10-5-2-6-11-17/h;1-13,15H,14H2/q-1;+1. The van der Waals surface area contributed by atoms with Crippen LogP contribution in [0.2, 0.25) is 0 Å². The summed E-state index contributed by atoms with van der Waals surface area (Å²) in [5.41, 5.74) is -9.74. The second kappa shape index (κ2) is 18.5. The van der Waals surface area contributed by atoms with Gasteiger partial charge in [0, 0.05) is 5.56 Å². The third-order valence-corrected chi connectivity index (χ3v) is 11.4. The lowest BCUT2D eigenvalue weighted by Gasteiger charge is -2.44. The maximum Gasteiger partial charge on any atom is 0.266 e. The molecule has 0 atom stereocenters. The maximum absolute atomic E-state index is 15.4. The molecule has 7 aromatic carbocycles. The molecule has 0 saturated heterocycles. The van der Waals surface area contributed by atoms with Gasteiger partial charge in [-0.05, 0) is 24.3 Å². The molecule has 0 radical (unpaired) electrons. The fourth-order valence-electron chi connectivity index (χ4n) is 7.52. The van der Waals surface area contributed by atoms with Crippen LogP contribution in [0.1, 0.15) is 5.56 Å². The fraction of sp³-hybridized carbons (Fsp3) is 0.0227. The average molecular weight is 997 g/mol. The van der Waals surface area contributed by atoms with Crippen molar-refractivity contribution in [1.29, 1.82) is 0 Å². The van der Waals surface area contributed by atoms with Crippen molar-refractivity contribution in [2.45, 2.75) is 6.54 Å². The highest BCUT2D eigenvalue weighted by Crippen LogP contribution is 2.32. The summed E-state index contributed by atoms with van der Waals surface area (Å²) in [6.07, 6.45) is -7.22. The molecule has 0 N–H and O–H groups in total. The molecule has 0 bridgehead atoms. The van der Waals surface area contributed by atoms with Gasteiger partial charge >= 0.3 is 0 Å². The zero-order chi connectivity index (χ0) is 49.8. The van der Waals surface area contributed by atoms with Gasteiger partial charge in [0.25, 0.3) is 5.52 Å². The van der Waals surface area contributed by atoms with Crippen molar-refractivity contribution in [2.75, 3.05) is 0 Å². The zero-order valence-corrected chi connectivity index (χ0v) is 33.5. The van der Waals surface area contributed by atoms with Crippen molar-refractivity contribution < 1.29 is 97.1 Å². The lowest BCUT2D eigenvalue weighted by Crippen LogP contribution is -2.81. The lowest BCUT2D eigenvalue weighted by atomic mass is 9.12. The van der Waals surface area contributed by atoms with E-state index in [2.05, 4.69) is 40.4 Å². The number of thiazole rings is 1. The summed E-state index contributed by atoms with van der Waals surface area (Å²) in [4.78, 5) is 0. The fourth-order valence-corrected chi connectivity index (χ4v) is 8.43. The predicted octanol–water partition coefficient (Wildman–Crippen LogP) is 10.9. The Balaban J connectivity index is 0.000000246. The van der Waals surface area contributed by atoms with Crippen LogP contribution >= 0.6 is 11.3 Å². The minimum absolute atomic E-state index is 0.843. The van der Waals surface area contributed by atoms with Gasteiger partial charge in [0.1, 0.15) is 63.1 Å². The molecular formula is C44H16BF20NOS. The molecule has 2 nitrogen and oxygen atoms in total. The Morgan fingerprint density at radius 1 is 0.353 bits per heavy atom. The van der Waals surface area contributed by atoms with Gasteiger partial charge < -0.3 is 4.74 Å². The second-order valence-corrected chi connectivity index (χ2v) is 15.0. The number of nitrogens with zero attached hydrogens (tertiary/aromatic N) is 1. The Morgan fingerprint density at radius 2 is 0.662 bits per heavy atom. The molecule has 0 fully saturated rings. The highest BCUT2D eigenvalue weighted by atomic mass is 32.1. The van der Waals surface area contributed by atoms with Crippen LogP contribution in [-0.4, -0.2) is 6.15 Å². The molecule has 8 aromatic rings. The van der Waals surface area contributed by atoms with Crippen LogP contribution in [0.4, 0.5) is 87.8 Å². The molecule has 1 aromatic heterocycles. The smallest absolute Gasteiger partial charge is 0.266 e. The summed E-state index contributed by atoms with van der Waals surface area (Å²) < 4.78 is 304. The van der Waals surface area contributed by atoms with Gasteiger partial charge in [0.15, 0.2) is 82.1 Å². The number of benzene rings is 7. The normalized spacial score (nSPS) is 11.6. The third-order valence-electron chi connectivity index (χ3n) is 10.4. The Kier molecular flexibility index (Phi) is 13.3. The van der Waals surface area contributed by atoms with E-state index in [1.54, 1.807) is 11.3 Å². The summed E-state index contributed by atoms with van der Waals surface area (Å²) in [6, 6.07) is 26.6. The molecule has 0 aliphatic carbocycles. The van der Waals surface area contributed by atoms with Gasteiger partial charge in [-0.15, -0.1) is 21.9 Å². The van der Waals surface area contributed by atoms with Gasteiger partial charge in [-0.2, -0.15) is 4.57 Å². The van der Waals surface area contributed by atoms with Crippen molar-refractivity contribution in [2.24, 2.45) is 0 Å². The summed E-state index contributed by atoms with van der Waals surface area (Å²) in [6.45, 7) is 0.843. The number of aromatic nitrogens is 1. The van der Waals surface area contributed by atoms with Gasteiger partial charge in [0.2, 0.25) is 5.51 Å². The molecular weight excluding hydrogens is 981 g/mol. The van der Waals surface area contributed by atoms with Crippen molar-refractivity contribution in [3.05, 3.63) is 206 Å². The zero-order valence-electron chi connectivity index (χ0n) is 32.7. The molecule has 68 heavy (non-hydrogen) atoms. The Bertz CT molecular complexity index is 2920. The maximum atomic E-state index is 15.4. The number of hydrogen-bond donors (Lipinski definition) is 0. The number of para-hydroxylation sites is 2. The van der Waals surface area contributed by atoms with E-state index < -0.39 is 144 Å². The van der Waals surface area contributed by atoms with Crippen LogP contribution in [0.15, 0.2) is 84.4 Å². The first-order valence-electron chi connectivity index (χ1n) is 18.5. The van der Waals surface area contributed by atoms with Gasteiger partial charge in [0.05, 0.1) is 0 Å². The van der Waals surface area contributed by atoms with E-state index in [1.807, 2.05) is 48.5 Å². The van der Waals surface area contributed by atoms with Gasteiger partial charge in [-0.25, -0.2) is 87.8 Å². The van der Waals surface area contributed by atoms with E-state index in [4.69, 9.17) is 4.74 Å². The second-order valence-electron chi connectivity index (χ2n) is 14.2. The van der Waals surface area contributed by atoms with Crippen LogP contribution in [0.25, 0.3) is 10.2 Å². The van der Waals surface area contributed by atoms with E-state index in [1.165, 1.54) is 10.3 Å². The Hall–Kier alpha value is -7.11. The molecule has 24 heteroatoms. The van der Waals surface area contributed by atoms with Crippen molar-refractivity contribution in [3.8, 4) is 11.5 Å². The number of rotatable bonds is 8. The number of hydrogen-bond acceptors (Lipinski definition) is 2. The van der Waals surface area contributed by atoms with Crippen LogP contribution < -0.4 is 31.2 Å². The van der Waals surface area contributed by atoms with Crippen molar-refractivity contribution in [3.63, 3.8) is 0 Å². The van der Waals surface area contributed by atoms with E-state index >= 15 is 35.1 Å². The number of ether oxygens (including phenoxy) is 1. The third kappa shape index (κ3) is 7.72. The molecule has 0 amide bonds. The van der Waals surface area contributed by atoms with E-state index in [9.17, 15) is 52.7 Å². The number of fused-ring (bicyclic) bond motifs is 1. The van der Waals surface area contributed by atoms with Gasteiger partial charge in [-0.1, -0.05) is 65.9 Å². The van der Waals surface area contributed by atoms with Crippen LogP contribution in [0, 0.1) is 116 Å².